The van der Waals surface area contributed by atoms with E-state index in [1.54, 1.807) is 18.3 Å². The highest BCUT2D eigenvalue weighted by Gasteiger charge is 2.21. The monoisotopic (exact) mass is 457 g/mol. The first-order valence-corrected chi connectivity index (χ1v) is 11.1. The molecular formula is C20H20ClN7S2. The number of rotatable bonds is 5. The molecule has 7 nitrogen and oxygen atoms in total. The van der Waals surface area contributed by atoms with Crippen LogP contribution >= 0.6 is 35.2 Å². The predicted octanol–water partition coefficient (Wildman–Crippen LogP) is 4.43. The molecule has 1 aliphatic rings. The van der Waals surface area contributed by atoms with Crippen LogP contribution in [0.15, 0.2) is 36.5 Å². The highest BCUT2D eigenvalue weighted by atomic mass is 35.5. The van der Waals surface area contributed by atoms with Gasteiger partial charge in [0.15, 0.2) is 3.95 Å². The fourth-order valence-corrected chi connectivity index (χ4v) is 4.46. The summed E-state index contributed by atoms with van der Waals surface area (Å²) in [6.45, 7) is 5.90. The van der Waals surface area contributed by atoms with Gasteiger partial charge in [-0.15, -0.1) is 5.10 Å². The van der Waals surface area contributed by atoms with Gasteiger partial charge in [0.05, 0.1) is 12.2 Å². The van der Waals surface area contributed by atoms with Crippen molar-refractivity contribution in [1.29, 1.82) is 5.26 Å². The van der Waals surface area contributed by atoms with Gasteiger partial charge in [0.1, 0.15) is 11.9 Å². The number of piperazine rings is 1. The number of anilines is 3. The van der Waals surface area contributed by atoms with Crippen LogP contribution in [0.4, 0.5) is 16.6 Å². The van der Waals surface area contributed by atoms with Crippen molar-refractivity contribution < 1.29 is 0 Å². The standard InChI is InChI=1S/C20H20ClN7S2/c1-14-4-5-16(11-17(14)21)24-19-25-28(20(29)30-19)13-26-7-9-27(10-8-26)18-15(12-22)3-2-6-23-18/h2-6,11H,7-10,13H2,1H3,(H,24,25). The summed E-state index contributed by atoms with van der Waals surface area (Å²) in [5.74, 6) is 0.758. The number of benzene rings is 1. The molecule has 154 valence electrons. The van der Waals surface area contributed by atoms with Crippen molar-refractivity contribution in [3.05, 3.63) is 56.6 Å². The van der Waals surface area contributed by atoms with Crippen LogP contribution in [-0.4, -0.2) is 45.8 Å². The second kappa shape index (κ2) is 9.10. The van der Waals surface area contributed by atoms with E-state index in [1.165, 1.54) is 11.3 Å². The Hall–Kier alpha value is -2.51. The lowest BCUT2D eigenvalue weighted by molar-refractivity contribution is 0.195. The minimum absolute atomic E-state index is 0.611. The van der Waals surface area contributed by atoms with E-state index in [-0.39, 0.29) is 0 Å². The molecule has 10 heteroatoms. The molecule has 0 amide bonds. The molecule has 3 aromatic rings. The van der Waals surface area contributed by atoms with Crippen molar-refractivity contribution in [3.8, 4) is 6.07 Å². The molecule has 1 aliphatic heterocycles. The number of nitrogens with one attached hydrogen (secondary N) is 1. The van der Waals surface area contributed by atoms with Gasteiger partial charge in [0, 0.05) is 43.1 Å². The minimum Gasteiger partial charge on any atom is -0.353 e. The van der Waals surface area contributed by atoms with E-state index in [0.29, 0.717) is 17.3 Å². The Morgan fingerprint density at radius 3 is 2.80 bits per heavy atom. The van der Waals surface area contributed by atoms with Crippen molar-refractivity contribution in [2.24, 2.45) is 0 Å². The molecule has 1 N–H and O–H groups in total. The number of hydrogen-bond donors (Lipinski definition) is 1. The molecule has 2 aromatic heterocycles. The predicted molar refractivity (Wildman–Crippen MR) is 123 cm³/mol. The minimum atomic E-state index is 0.611. The second-order valence-electron chi connectivity index (χ2n) is 6.99. The van der Waals surface area contributed by atoms with E-state index < -0.39 is 0 Å². The SMILES string of the molecule is Cc1ccc(Nc2nn(CN3CCN(c4ncccc4C#N)CC3)c(=S)s2)cc1Cl. The van der Waals surface area contributed by atoms with Gasteiger partial charge in [-0.3, -0.25) is 4.90 Å². The van der Waals surface area contributed by atoms with Gasteiger partial charge in [-0.1, -0.05) is 29.0 Å². The fourth-order valence-electron chi connectivity index (χ4n) is 3.27. The first-order chi connectivity index (χ1) is 14.5. The van der Waals surface area contributed by atoms with Gasteiger partial charge in [-0.05, 0) is 49.0 Å². The second-order valence-corrected chi connectivity index (χ2v) is 9.02. The lowest BCUT2D eigenvalue weighted by atomic mass is 10.2. The molecule has 1 aromatic carbocycles. The van der Waals surface area contributed by atoms with Crippen LogP contribution < -0.4 is 10.2 Å². The van der Waals surface area contributed by atoms with Gasteiger partial charge >= 0.3 is 0 Å². The number of aromatic nitrogens is 3. The fraction of sp³-hybridized carbons (Fsp3) is 0.300. The average molecular weight is 458 g/mol. The van der Waals surface area contributed by atoms with Crippen molar-refractivity contribution >= 4 is 51.8 Å². The molecular weight excluding hydrogens is 438 g/mol. The number of aryl methyl sites for hydroxylation is 1. The lowest BCUT2D eigenvalue weighted by Crippen LogP contribution is -2.47. The molecule has 0 radical (unpaired) electrons. The molecule has 0 aliphatic carbocycles. The maximum Gasteiger partial charge on any atom is 0.209 e. The normalized spacial score (nSPS) is 14.5. The first kappa shape index (κ1) is 20.8. The lowest BCUT2D eigenvalue weighted by Gasteiger charge is -2.35. The molecule has 0 unspecified atom stereocenters. The number of hydrogen-bond acceptors (Lipinski definition) is 8. The van der Waals surface area contributed by atoms with Crippen LogP contribution in [0, 0.1) is 22.2 Å². The smallest absolute Gasteiger partial charge is 0.209 e. The Bertz CT molecular complexity index is 1140. The zero-order chi connectivity index (χ0) is 21.1. The highest BCUT2D eigenvalue weighted by molar-refractivity contribution is 7.73. The molecule has 0 bridgehead atoms. The molecule has 30 heavy (non-hydrogen) atoms. The maximum atomic E-state index is 9.30. The van der Waals surface area contributed by atoms with Crippen LogP contribution in [0.5, 0.6) is 0 Å². The first-order valence-electron chi connectivity index (χ1n) is 9.47. The van der Waals surface area contributed by atoms with Crippen molar-refractivity contribution in [2.45, 2.75) is 13.6 Å². The Balaban J connectivity index is 1.38. The van der Waals surface area contributed by atoms with E-state index in [9.17, 15) is 5.26 Å². The zero-order valence-electron chi connectivity index (χ0n) is 16.4. The Morgan fingerprint density at radius 1 is 1.27 bits per heavy atom. The van der Waals surface area contributed by atoms with E-state index in [1.807, 2.05) is 29.8 Å². The summed E-state index contributed by atoms with van der Waals surface area (Å²) in [4.78, 5) is 8.84. The molecule has 1 saturated heterocycles. The number of pyridine rings is 1. The molecule has 1 fully saturated rings. The van der Waals surface area contributed by atoms with Crippen LogP contribution in [0.25, 0.3) is 0 Å². The van der Waals surface area contributed by atoms with Gasteiger partial charge in [0.2, 0.25) is 5.13 Å². The van der Waals surface area contributed by atoms with Crippen LogP contribution in [0.1, 0.15) is 11.1 Å². The third kappa shape index (κ3) is 4.63. The van der Waals surface area contributed by atoms with E-state index in [2.05, 4.69) is 31.3 Å². The van der Waals surface area contributed by atoms with E-state index in [4.69, 9.17) is 23.8 Å². The third-order valence-corrected chi connectivity index (χ3v) is 6.57. The zero-order valence-corrected chi connectivity index (χ0v) is 18.8. The summed E-state index contributed by atoms with van der Waals surface area (Å²) in [7, 11) is 0. The summed E-state index contributed by atoms with van der Waals surface area (Å²) >= 11 is 13.2. The molecule has 0 saturated carbocycles. The van der Waals surface area contributed by atoms with Gasteiger partial charge in [-0.2, -0.15) is 5.26 Å². The van der Waals surface area contributed by atoms with Gasteiger partial charge < -0.3 is 10.2 Å². The van der Waals surface area contributed by atoms with Crippen LogP contribution in [-0.2, 0) is 6.67 Å². The number of halogens is 1. The van der Waals surface area contributed by atoms with E-state index in [0.717, 1.165) is 52.3 Å². The Labute approximate surface area is 189 Å². The summed E-state index contributed by atoms with van der Waals surface area (Å²) < 4.78 is 2.56. The number of nitriles is 1. The van der Waals surface area contributed by atoms with Crippen molar-refractivity contribution in [2.75, 3.05) is 36.4 Å². The van der Waals surface area contributed by atoms with Gasteiger partial charge in [0.25, 0.3) is 0 Å². The van der Waals surface area contributed by atoms with Crippen molar-refractivity contribution in [3.63, 3.8) is 0 Å². The summed E-state index contributed by atoms with van der Waals surface area (Å²) in [6.07, 6.45) is 1.73. The maximum absolute atomic E-state index is 9.30. The summed E-state index contributed by atoms with van der Waals surface area (Å²) in [5.41, 5.74) is 2.53. The molecule has 0 atom stereocenters. The molecule has 0 spiro atoms. The van der Waals surface area contributed by atoms with Crippen LogP contribution in [0.2, 0.25) is 5.02 Å². The Kier molecular flexibility index (Phi) is 6.29. The molecule has 4 rings (SSSR count). The summed E-state index contributed by atoms with van der Waals surface area (Å²) in [5, 5.41) is 18.7. The Morgan fingerprint density at radius 2 is 2.07 bits per heavy atom. The number of nitrogens with zero attached hydrogens (tertiary/aromatic N) is 6. The largest absolute Gasteiger partial charge is 0.353 e. The van der Waals surface area contributed by atoms with E-state index >= 15 is 0 Å². The van der Waals surface area contributed by atoms with Gasteiger partial charge in [-0.25, -0.2) is 9.67 Å². The quantitative estimate of drug-likeness (QED) is 0.568. The van der Waals surface area contributed by atoms with Crippen LogP contribution in [0.3, 0.4) is 0 Å². The van der Waals surface area contributed by atoms with Crippen molar-refractivity contribution in [1.82, 2.24) is 19.7 Å². The average Bonchev–Trinajstić information content (AvgIpc) is 3.10. The topological polar surface area (TPSA) is 73.0 Å². The molecule has 3 heterocycles. The summed E-state index contributed by atoms with van der Waals surface area (Å²) in [6, 6.07) is 11.6. The highest BCUT2D eigenvalue weighted by Crippen LogP contribution is 2.25. The third-order valence-electron chi connectivity index (χ3n) is 4.94.